The van der Waals surface area contributed by atoms with Crippen molar-refractivity contribution < 1.29 is 13.2 Å². The van der Waals surface area contributed by atoms with E-state index in [1.165, 1.54) is 42.7 Å². The molecule has 10 nitrogen and oxygen atoms in total. The standard InChI is InChI=1S/C29H24ClN7O3S/c1-19-4-7-24(15-27(19)36-29-33-14-11-26(35-29)21-3-2-12-31-16-21)34-28(38)20-5-8-23(9-6-20)37-41(39,40)18-22-17-32-13-10-25(22)30/h2-17,37H,18H2,1H3,(H,34,38)(H,33,35,36). The van der Waals surface area contributed by atoms with Crippen molar-refractivity contribution in [1.29, 1.82) is 0 Å². The highest BCUT2D eigenvalue weighted by Gasteiger charge is 2.15. The van der Waals surface area contributed by atoms with Crippen LogP contribution in [0.2, 0.25) is 5.02 Å². The lowest BCUT2D eigenvalue weighted by molar-refractivity contribution is 0.102. The Morgan fingerprint density at radius 3 is 2.44 bits per heavy atom. The quantitative estimate of drug-likeness (QED) is 0.196. The Labute approximate surface area is 242 Å². The minimum atomic E-state index is -3.74. The molecule has 0 unspecified atom stereocenters. The number of nitrogens with one attached hydrogen (secondary N) is 3. The number of halogens is 1. The van der Waals surface area contributed by atoms with Crippen molar-refractivity contribution in [3.63, 3.8) is 0 Å². The number of nitrogens with zero attached hydrogens (tertiary/aromatic N) is 4. The molecule has 0 aliphatic rings. The van der Waals surface area contributed by atoms with Crippen molar-refractivity contribution in [2.45, 2.75) is 12.7 Å². The maximum atomic E-state index is 12.9. The molecule has 0 bridgehead atoms. The summed E-state index contributed by atoms with van der Waals surface area (Å²) in [5.41, 5.74) is 4.87. The fourth-order valence-corrected chi connectivity index (χ4v) is 5.34. The average molecular weight is 586 g/mol. The maximum Gasteiger partial charge on any atom is 0.255 e. The minimum Gasteiger partial charge on any atom is -0.324 e. The van der Waals surface area contributed by atoms with E-state index in [9.17, 15) is 13.2 Å². The van der Waals surface area contributed by atoms with Gasteiger partial charge in [0.05, 0.1) is 11.4 Å². The summed E-state index contributed by atoms with van der Waals surface area (Å²) >= 11 is 6.05. The van der Waals surface area contributed by atoms with Crippen LogP contribution < -0.4 is 15.4 Å². The first-order chi connectivity index (χ1) is 19.8. The maximum absolute atomic E-state index is 12.9. The van der Waals surface area contributed by atoms with E-state index in [1.54, 1.807) is 36.8 Å². The summed E-state index contributed by atoms with van der Waals surface area (Å²) < 4.78 is 27.6. The molecule has 3 N–H and O–H groups in total. The second kappa shape index (κ2) is 12.1. The van der Waals surface area contributed by atoms with Crippen LogP contribution in [0.5, 0.6) is 0 Å². The fourth-order valence-electron chi connectivity index (χ4n) is 3.88. The molecule has 0 aliphatic carbocycles. The lowest BCUT2D eigenvalue weighted by Gasteiger charge is -2.13. The Kier molecular flexibility index (Phi) is 8.18. The number of rotatable bonds is 9. The lowest BCUT2D eigenvalue weighted by Crippen LogP contribution is -2.16. The van der Waals surface area contributed by atoms with Gasteiger partial charge in [-0.25, -0.2) is 18.4 Å². The summed E-state index contributed by atoms with van der Waals surface area (Å²) in [6.45, 7) is 1.93. The van der Waals surface area contributed by atoms with E-state index < -0.39 is 10.0 Å². The molecule has 5 aromatic rings. The summed E-state index contributed by atoms with van der Waals surface area (Å²) in [4.78, 5) is 29.9. The number of anilines is 4. The van der Waals surface area contributed by atoms with Crippen LogP contribution in [-0.4, -0.2) is 34.3 Å². The van der Waals surface area contributed by atoms with Crippen LogP contribution in [0.4, 0.5) is 23.0 Å². The molecule has 0 atom stereocenters. The van der Waals surface area contributed by atoms with Crippen LogP contribution in [0.3, 0.4) is 0 Å². The van der Waals surface area contributed by atoms with E-state index in [2.05, 4.69) is 35.3 Å². The van der Waals surface area contributed by atoms with Crippen LogP contribution >= 0.6 is 11.6 Å². The van der Waals surface area contributed by atoms with Gasteiger partial charge in [0, 0.05) is 69.8 Å². The summed E-state index contributed by atoms with van der Waals surface area (Å²) in [5.74, 6) is -0.280. The molecule has 3 heterocycles. The van der Waals surface area contributed by atoms with Crippen molar-refractivity contribution in [1.82, 2.24) is 19.9 Å². The first-order valence-electron chi connectivity index (χ1n) is 12.4. The molecular weight excluding hydrogens is 562 g/mol. The lowest BCUT2D eigenvalue weighted by atomic mass is 10.1. The Morgan fingerprint density at radius 2 is 1.68 bits per heavy atom. The number of sulfonamides is 1. The molecule has 5 rings (SSSR count). The molecule has 0 saturated heterocycles. The van der Waals surface area contributed by atoms with Gasteiger partial charge in [-0.2, -0.15) is 0 Å². The Morgan fingerprint density at radius 1 is 0.902 bits per heavy atom. The zero-order chi connectivity index (χ0) is 28.8. The summed E-state index contributed by atoms with van der Waals surface area (Å²) in [5, 5.41) is 6.40. The third kappa shape index (κ3) is 7.21. The number of aromatic nitrogens is 4. The topological polar surface area (TPSA) is 139 Å². The Bertz CT molecular complexity index is 1800. The van der Waals surface area contributed by atoms with Crippen LogP contribution in [0.15, 0.2) is 97.7 Å². The minimum absolute atomic E-state index is 0.317. The van der Waals surface area contributed by atoms with Crippen LogP contribution in [0, 0.1) is 6.92 Å². The van der Waals surface area contributed by atoms with E-state index in [1.807, 2.05) is 25.1 Å². The third-order valence-electron chi connectivity index (χ3n) is 5.96. The highest BCUT2D eigenvalue weighted by atomic mass is 35.5. The number of hydrogen-bond acceptors (Lipinski definition) is 8. The van der Waals surface area contributed by atoms with Gasteiger partial charge in [-0.15, -0.1) is 0 Å². The van der Waals surface area contributed by atoms with Gasteiger partial charge >= 0.3 is 0 Å². The molecule has 0 radical (unpaired) electrons. The van der Waals surface area contributed by atoms with E-state index in [0.29, 0.717) is 33.5 Å². The van der Waals surface area contributed by atoms with Crippen molar-refractivity contribution in [3.8, 4) is 11.3 Å². The number of carbonyl (C=O) groups excluding carboxylic acids is 1. The van der Waals surface area contributed by atoms with Crippen molar-refractivity contribution in [2.75, 3.05) is 15.4 Å². The predicted molar refractivity (Wildman–Crippen MR) is 160 cm³/mol. The molecule has 2 aromatic carbocycles. The highest BCUT2D eigenvalue weighted by Crippen LogP contribution is 2.25. The van der Waals surface area contributed by atoms with E-state index in [4.69, 9.17) is 11.6 Å². The van der Waals surface area contributed by atoms with Crippen LogP contribution in [0.25, 0.3) is 11.3 Å². The number of aryl methyl sites for hydroxylation is 1. The molecule has 41 heavy (non-hydrogen) atoms. The van der Waals surface area contributed by atoms with Gasteiger partial charge in [0.25, 0.3) is 5.91 Å². The van der Waals surface area contributed by atoms with Gasteiger partial charge < -0.3 is 10.6 Å². The Balaban J connectivity index is 1.24. The smallest absolute Gasteiger partial charge is 0.255 e. The molecule has 0 aliphatic heterocycles. The molecule has 206 valence electrons. The number of amides is 1. The molecule has 12 heteroatoms. The van der Waals surface area contributed by atoms with Crippen molar-refractivity contribution >= 4 is 50.5 Å². The van der Waals surface area contributed by atoms with Gasteiger partial charge in [0.15, 0.2) is 0 Å². The normalized spacial score (nSPS) is 11.1. The van der Waals surface area contributed by atoms with Gasteiger partial charge in [-0.3, -0.25) is 19.5 Å². The van der Waals surface area contributed by atoms with Crippen molar-refractivity contribution in [3.05, 3.63) is 119 Å². The van der Waals surface area contributed by atoms with E-state index in [0.717, 1.165) is 22.5 Å². The zero-order valence-electron chi connectivity index (χ0n) is 21.7. The molecule has 0 saturated carbocycles. The monoisotopic (exact) mass is 585 g/mol. The zero-order valence-corrected chi connectivity index (χ0v) is 23.3. The number of pyridine rings is 2. The third-order valence-corrected chi connectivity index (χ3v) is 7.57. The molecule has 0 spiro atoms. The van der Waals surface area contributed by atoms with Gasteiger partial charge in [0.1, 0.15) is 0 Å². The highest BCUT2D eigenvalue weighted by molar-refractivity contribution is 7.91. The second-order valence-corrected chi connectivity index (χ2v) is 11.2. The van der Waals surface area contributed by atoms with Crippen LogP contribution in [0.1, 0.15) is 21.5 Å². The van der Waals surface area contributed by atoms with Gasteiger partial charge in [-0.05, 0) is 73.2 Å². The SMILES string of the molecule is Cc1ccc(NC(=O)c2ccc(NS(=O)(=O)Cc3cnccc3Cl)cc2)cc1Nc1nccc(-c2cccnc2)n1. The second-order valence-electron chi connectivity index (χ2n) is 9.02. The van der Waals surface area contributed by atoms with Gasteiger partial charge in [-0.1, -0.05) is 17.7 Å². The number of hydrogen-bond donors (Lipinski definition) is 3. The molecule has 0 fully saturated rings. The van der Waals surface area contributed by atoms with Gasteiger partial charge in [0.2, 0.25) is 16.0 Å². The summed E-state index contributed by atoms with van der Waals surface area (Å²) in [7, 11) is -3.74. The molecular formula is C29H24ClN7O3S. The van der Waals surface area contributed by atoms with Crippen LogP contribution in [-0.2, 0) is 15.8 Å². The van der Waals surface area contributed by atoms with E-state index >= 15 is 0 Å². The Hall–Kier alpha value is -4.87. The number of carbonyl (C=O) groups is 1. The van der Waals surface area contributed by atoms with E-state index in [-0.39, 0.29) is 11.7 Å². The first kappa shape index (κ1) is 27.7. The summed E-state index contributed by atoms with van der Waals surface area (Å²) in [6.07, 6.45) is 7.99. The van der Waals surface area contributed by atoms with Crippen molar-refractivity contribution in [2.24, 2.45) is 0 Å². The largest absolute Gasteiger partial charge is 0.324 e. The number of benzene rings is 2. The average Bonchev–Trinajstić information content (AvgIpc) is 2.97. The molecule has 1 amide bonds. The molecule has 3 aromatic heterocycles. The fraction of sp³-hybridized carbons (Fsp3) is 0.0690. The summed E-state index contributed by atoms with van der Waals surface area (Å²) in [6, 6.07) is 18.7. The predicted octanol–water partition coefficient (Wildman–Crippen LogP) is 5.83. The first-order valence-corrected chi connectivity index (χ1v) is 14.4.